The Morgan fingerprint density at radius 2 is 1.89 bits per heavy atom. The number of benzene rings is 2. The van der Waals surface area contributed by atoms with Gasteiger partial charge in [0, 0.05) is 28.8 Å². The van der Waals surface area contributed by atoms with Crippen LogP contribution >= 0.6 is 23.2 Å². The Morgan fingerprint density at radius 1 is 1.06 bits per heavy atom. The first-order valence-electron chi connectivity index (χ1n) is 5.99. The second kappa shape index (κ2) is 4.83. The molecule has 1 aliphatic rings. The van der Waals surface area contributed by atoms with Crippen molar-refractivity contribution >= 4 is 34.6 Å². The first-order chi connectivity index (χ1) is 8.79. The zero-order valence-electron chi connectivity index (χ0n) is 9.87. The molecular weight excluding hydrogens is 265 g/mol. The van der Waals surface area contributed by atoms with Crippen molar-refractivity contribution in [1.82, 2.24) is 0 Å². The van der Waals surface area contributed by atoms with Crippen molar-refractivity contribution < 1.29 is 0 Å². The molecule has 1 aliphatic heterocycles. The van der Waals surface area contributed by atoms with E-state index in [0.29, 0.717) is 5.88 Å². The van der Waals surface area contributed by atoms with E-state index in [1.54, 1.807) is 0 Å². The van der Waals surface area contributed by atoms with Crippen LogP contribution in [0.3, 0.4) is 0 Å². The number of hydrogen-bond acceptors (Lipinski definition) is 1. The average Bonchev–Trinajstić information content (AvgIpc) is 2.82. The van der Waals surface area contributed by atoms with Crippen molar-refractivity contribution in [3.8, 4) is 0 Å². The molecule has 0 spiro atoms. The number of fused-ring (bicyclic) bond motifs is 1. The van der Waals surface area contributed by atoms with Crippen molar-refractivity contribution in [2.24, 2.45) is 0 Å². The van der Waals surface area contributed by atoms with Crippen LogP contribution in [-0.4, -0.2) is 6.54 Å². The number of hydrogen-bond donors (Lipinski definition) is 0. The second-order valence-electron chi connectivity index (χ2n) is 4.44. The number of rotatable bonds is 2. The quantitative estimate of drug-likeness (QED) is 0.715. The third-order valence-electron chi connectivity index (χ3n) is 3.36. The smallest absolute Gasteiger partial charge is 0.0495 e. The fraction of sp³-hybridized carbons (Fsp3) is 0.200. The summed E-state index contributed by atoms with van der Waals surface area (Å²) in [5.41, 5.74) is 4.93. The molecule has 1 heterocycles. The van der Waals surface area contributed by atoms with E-state index in [-0.39, 0.29) is 0 Å². The number of nitrogens with zero attached hydrogens (tertiary/aromatic N) is 1. The van der Waals surface area contributed by atoms with Gasteiger partial charge >= 0.3 is 0 Å². The molecule has 0 fully saturated rings. The van der Waals surface area contributed by atoms with Crippen molar-refractivity contribution in [3.05, 3.63) is 58.6 Å². The molecule has 3 rings (SSSR count). The molecule has 0 aliphatic carbocycles. The van der Waals surface area contributed by atoms with Gasteiger partial charge in [-0.1, -0.05) is 29.8 Å². The molecule has 18 heavy (non-hydrogen) atoms. The molecule has 0 bridgehead atoms. The Balaban J connectivity index is 2.07. The zero-order valence-corrected chi connectivity index (χ0v) is 11.4. The maximum atomic E-state index is 6.03. The van der Waals surface area contributed by atoms with Gasteiger partial charge in [-0.3, -0.25) is 0 Å². The van der Waals surface area contributed by atoms with Gasteiger partial charge in [-0.05, 0) is 41.8 Å². The summed E-state index contributed by atoms with van der Waals surface area (Å²) in [6.07, 6.45) is 1.08. The summed E-state index contributed by atoms with van der Waals surface area (Å²) in [4.78, 5) is 2.32. The highest BCUT2D eigenvalue weighted by molar-refractivity contribution is 6.30. The van der Waals surface area contributed by atoms with E-state index in [1.165, 1.54) is 16.9 Å². The Kier molecular flexibility index (Phi) is 3.19. The summed E-state index contributed by atoms with van der Waals surface area (Å²) < 4.78 is 0. The minimum atomic E-state index is 0.481. The Morgan fingerprint density at radius 3 is 2.72 bits per heavy atom. The van der Waals surface area contributed by atoms with Crippen molar-refractivity contribution in [1.29, 1.82) is 0 Å². The van der Waals surface area contributed by atoms with Gasteiger partial charge in [-0.15, -0.1) is 11.6 Å². The lowest BCUT2D eigenvalue weighted by atomic mass is 10.1. The molecular formula is C15H13Cl2N. The summed E-state index contributed by atoms with van der Waals surface area (Å²) in [5, 5.41) is 0.738. The Hall–Kier alpha value is -1.18. The summed E-state index contributed by atoms with van der Waals surface area (Å²) in [6.45, 7) is 1.00. The van der Waals surface area contributed by atoms with E-state index in [1.807, 2.05) is 12.1 Å². The predicted octanol–water partition coefficient (Wildman–Crippen LogP) is 4.77. The third-order valence-corrected chi connectivity index (χ3v) is 3.89. The summed E-state index contributed by atoms with van der Waals surface area (Å²) >= 11 is 12.0. The summed E-state index contributed by atoms with van der Waals surface area (Å²) in [5.74, 6) is 0.481. The number of halogens is 2. The molecule has 0 N–H and O–H groups in total. The first kappa shape index (κ1) is 11.9. The van der Waals surface area contributed by atoms with E-state index in [0.717, 1.165) is 23.6 Å². The Bertz CT molecular complexity index is 580. The van der Waals surface area contributed by atoms with Crippen LogP contribution in [0, 0.1) is 0 Å². The number of anilines is 2. The van der Waals surface area contributed by atoms with E-state index >= 15 is 0 Å². The molecule has 0 saturated heterocycles. The van der Waals surface area contributed by atoms with E-state index in [9.17, 15) is 0 Å². The Labute approximate surface area is 117 Å². The lowest BCUT2D eigenvalue weighted by molar-refractivity contribution is 0.991. The van der Waals surface area contributed by atoms with Crippen molar-refractivity contribution in [3.63, 3.8) is 0 Å². The van der Waals surface area contributed by atoms with Crippen LogP contribution in [-0.2, 0) is 12.3 Å². The van der Waals surface area contributed by atoms with Crippen LogP contribution < -0.4 is 4.90 Å². The molecule has 92 valence electrons. The van der Waals surface area contributed by atoms with Gasteiger partial charge in [0.15, 0.2) is 0 Å². The number of para-hydroxylation sites is 1. The van der Waals surface area contributed by atoms with Crippen LogP contribution in [0.15, 0.2) is 42.5 Å². The third kappa shape index (κ3) is 1.98. The average molecular weight is 278 g/mol. The number of alkyl halides is 1. The van der Waals surface area contributed by atoms with Gasteiger partial charge in [-0.25, -0.2) is 0 Å². The largest absolute Gasteiger partial charge is 0.341 e. The summed E-state index contributed by atoms with van der Waals surface area (Å²) in [7, 11) is 0. The van der Waals surface area contributed by atoms with E-state index < -0.39 is 0 Å². The van der Waals surface area contributed by atoms with Crippen LogP contribution in [0.2, 0.25) is 5.02 Å². The highest BCUT2D eigenvalue weighted by Gasteiger charge is 2.21. The molecule has 1 nitrogen and oxygen atoms in total. The van der Waals surface area contributed by atoms with Gasteiger partial charge in [0.1, 0.15) is 0 Å². The summed E-state index contributed by atoms with van der Waals surface area (Å²) in [6, 6.07) is 14.4. The highest BCUT2D eigenvalue weighted by Crippen LogP contribution is 2.37. The van der Waals surface area contributed by atoms with Gasteiger partial charge in [0.2, 0.25) is 0 Å². The van der Waals surface area contributed by atoms with Crippen LogP contribution in [0.5, 0.6) is 0 Å². The SMILES string of the molecule is ClCc1cc(Cl)ccc1N1CCc2ccccc21. The molecule has 0 radical (unpaired) electrons. The molecule has 2 aromatic carbocycles. The van der Waals surface area contributed by atoms with Crippen LogP contribution in [0.25, 0.3) is 0 Å². The molecule has 0 unspecified atom stereocenters. The molecule has 0 aromatic heterocycles. The fourth-order valence-corrected chi connectivity index (χ4v) is 2.92. The standard InChI is InChI=1S/C15H13Cl2N/c16-10-12-9-13(17)5-6-15(12)18-8-7-11-3-1-2-4-14(11)18/h1-6,9H,7-8,10H2. The first-order valence-corrected chi connectivity index (χ1v) is 6.90. The predicted molar refractivity (Wildman–Crippen MR) is 78.2 cm³/mol. The maximum Gasteiger partial charge on any atom is 0.0495 e. The lowest BCUT2D eigenvalue weighted by Gasteiger charge is -2.22. The molecule has 2 aromatic rings. The second-order valence-corrected chi connectivity index (χ2v) is 5.14. The van der Waals surface area contributed by atoms with Crippen LogP contribution in [0.1, 0.15) is 11.1 Å². The fourth-order valence-electron chi connectivity index (χ4n) is 2.51. The zero-order chi connectivity index (χ0) is 12.5. The minimum absolute atomic E-state index is 0.481. The molecule has 3 heteroatoms. The highest BCUT2D eigenvalue weighted by atomic mass is 35.5. The normalized spacial score (nSPS) is 13.8. The monoisotopic (exact) mass is 277 g/mol. The van der Waals surface area contributed by atoms with Gasteiger partial charge in [0.05, 0.1) is 0 Å². The molecule has 0 saturated carbocycles. The van der Waals surface area contributed by atoms with Crippen molar-refractivity contribution in [2.45, 2.75) is 12.3 Å². The minimum Gasteiger partial charge on any atom is -0.341 e. The van der Waals surface area contributed by atoms with Gasteiger partial charge < -0.3 is 4.90 Å². The lowest BCUT2D eigenvalue weighted by Crippen LogP contribution is -2.14. The van der Waals surface area contributed by atoms with Gasteiger partial charge in [0.25, 0.3) is 0 Å². The van der Waals surface area contributed by atoms with Crippen LogP contribution in [0.4, 0.5) is 11.4 Å². The van der Waals surface area contributed by atoms with Crippen molar-refractivity contribution in [2.75, 3.05) is 11.4 Å². The molecule has 0 atom stereocenters. The maximum absolute atomic E-state index is 6.03. The van der Waals surface area contributed by atoms with Gasteiger partial charge in [-0.2, -0.15) is 0 Å². The topological polar surface area (TPSA) is 3.24 Å². The van der Waals surface area contributed by atoms with E-state index in [2.05, 4.69) is 35.2 Å². The molecule has 0 amide bonds. The van der Waals surface area contributed by atoms with E-state index in [4.69, 9.17) is 23.2 Å².